The minimum absolute atomic E-state index is 0.00606. The van der Waals surface area contributed by atoms with Gasteiger partial charge in [0.1, 0.15) is 11.8 Å². The van der Waals surface area contributed by atoms with Gasteiger partial charge in [-0.25, -0.2) is 0 Å². The number of phenols is 1. The summed E-state index contributed by atoms with van der Waals surface area (Å²) >= 11 is 4.01. The van der Waals surface area contributed by atoms with E-state index in [0.717, 1.165) is 21.0 Å². The van der Waals surface area contributed by atoms with Crippen LogP contribution in [-0.2, 0) is 0 Å². The lowest BCUT2D eigenvalue weighted by molar-refractivity contribution is 0.321. The number of aromatic hydroxyl groups is 1. The molecule has 6 heteroatoms. The van der Waals surface area contributed by atoms with Gasteiger partial charge < -0.3 is 10.0 Å². The van der Waals surface area contributed by atoms with E-state index in [9.17, 15) is 5.11 Å². The van der Waals surface area contributed by atoms with Crippen LogP contribution in [0, 0.1) is 3.57 Å². The van der Waals surface area contributed by atoms with Crippen molar-refractivity contribution in [1.29, 1.82) is 0 Å². The average Bonchev–Trinajstić information content (AvgIpc) is 3.07. The fourth-order valence-corrected chi connectivity index (χ4v) is 4.82. The molecule has 0 bridgehead atoms. The van der Waals surface area contributed by atoms with Gasteiger partial charge in [-0.3, -0.25) is 9.98 Å². The summed E-state index contributed by atoms with van der Waals surface area (Å²) in [5.41, 5.74) is 2.17. The SMILES string of the molecule is C[C@@H]1CN2C(=N[C@H](c3ccccn3)[C@@H]2c2ccc(O)c(I)c2)S1. The van der Waals surface area contributed by atoms with Gasteiger partial charge in [-0.1, -0.05) is 30.8 Å². The first-order valence-electron chi connectivity index (χ1n) is 7.54. The van der Waals surface area contributed by atoms with Gasteiger partial charge in [0, 0.05) is 18.0 Å². The second-order valence-electron chi connectivity index (χ2n) is 5.85. The summed E-state index contributed by atoms with van der Waals surface area (Å²) in [4.78, 5) is 11.9. The van der Waals surface area contributed by atoms with E-state index in [0.29, 0.717) is 11.0 Å². The van der Waals surface area contributed by atoms with Crippen molar-refractivity contribution in [2.75, 3.05) is 6.54 Å². The van der Waals surface area contributed by atoms with Gasteiger partial charge in [0.25, 0.3) is 0 Å². The molecule has 1 saturated heterocycles. The molecular formula is C17H16IN3OS. The van der Waals surface area contributed by atoms with Crippen LogP contribution in [0.4, 0.5) is 0 Å². The first-order chi connectivity index (χ1) is 11.1. The van der Waals surface area contributed by atoms with E-state index < -0.39 is 0 Å². The zero-order chi connectivity index (χ0) is 16.0. The molecule has 3 heterocycles. The Balaban J connectivity index is 1.79. The lowest BCUT2D eigenvalue weighted by Gasteiger charge is -2.27. The molecule has 23 heavy (non-hydrogen) atoms. The quantitative estimate of drug-likeness (QED) is 0.723. The highest BCUT2D eigenvalue weighted by Crippen LogP contribution is 2.47. The van der Waals surface area contributed by atoms with Crippen LogP contribution in [0.1, 0.15) is 30.3 Å². The molecule has 1 aromatic carbocycles. The van der Waals surface area contributed by atoms with Crippen molar-refractivity contribution >= 4 is 39.5 Å². The third kappa shape index (κ3) is 2.71. The predicted octanol–water partition coefficient (Wildman–Crippen LogP) is 3.98. The maximum absolute atomic E-state index is 9.83. The highest BCUT2D eigenvalue weighted by atomic mass is 127. The smallest absolute Gasteiger partial charge is 0.160 e. The second kappa shape index (κ2) is 5.98. The molecule has 3 atom stereocenters. The number of pyridine rings is 1. The zero-order valence-corrected chi connectivity index (χ0v) is 15.5. The van der Waals surface area contributed by atoms with Crippen LogP contribution in [0.5, 0.6) is 5.75 Å². The number of nitrogens with zero attached hydrogens (tertiary/aromatic N) is 3. The molecule has 4 rings (SSSR count). The summed E-state index contributed by atoms with van der Waals surface area (Å²) < 4.78 is 0.869. The molecule has 0 aliphatic carbocycles. The van der Waals surface area contributed by atoms with E-state index >= 15 is 0 Å². The molecule has 118 valence electrons. The van der Waals surface area contributed by atoms with Gasteiger partial charge in [-0.15, -0.1) is 0 Å². The Labute approximate surface area is 153 Å². The van der Waals surface area contributed by atoms with E-state index in [1.54, 1.807) is 6.07 Å². The molecule has 0 radical (unpaired) electrons. The standard InChI is InChI=1S/C17H16IN3OS/c1-10-9-21-16(11-5-6-14(22)12(18)8-11)15(20-17(21)23-10)13-4-2-3-7-19-13/h2-8,10,15-16,22H,9H2,1H3/t10-,15-,16+/m1/s1. The third-order valence-corrected chi connectivity index (χ3v) is 6.16. The highest BCUT2D eigenvalue weighted by Gasteiger charge is 2.43. The molecule has 0 amide bonds. The zero-order valence-electron chi connectivity index (χ0n) is 12.6. The summed E-state index contributed by atoms with van der Waals surface area (Å²) in [6, 6.07) is 12.0. The topological polar surface area (TPSA) is 48.7 Å². The number of thioether (sulfide) groups is 1. The third-order valence-electron chi connectivity index (χ3n) is 4.19. The van der Waals surface area contributed by atoms with Crippen molar-refractivity contribution in [3.8, 4) is 5.75 Å². The predicted molar refractivity (Wildman–Crippen MR) is 102 cm³/mol. The number of aromatic nitrogens is 1. The first-order valence-corrected chi connectivity index (χ1v) is 9.50. The van der Waals surface area contributed by atoms with Gasteiger partial charge in [0.15, 0.2) is 5.17 Å². The number of hydrogen-bond donors (Lipinski definition) is 1. The molecule has 0 spiro atoms. The number of rotatable bonds is 2. The monoisotopic (exact) mass is 437 g/mol. The molecule has 2 aliphatic heterocycles. The summed E-state index contributed by atoms with van der Waals surface area (Å²) in [5, 5.41) is 11.5. The molecule has 1 N–H and O–H groups in total. The number of hydrogen-bond acceptors (Lipinski definition) is 5. The molecule has 2 aromatic rings. The van der Waals surface area contributed by atoms with Crippen molar-refractivity contribution in [3.63, 3.8) is 0 Å². The van der Waals surface area contributed by atoms with Crippen molar-refractivity contribution in [3.05, 3.63) is 57.4 Å². The molecule has 0 unspecified atom stereocenters. The number of phenolic OH excluding ortho intramolecular Hbond substituents is 1. The normalized spacial score (nSPS) is 26.3. The van der Waals surface area contributed by atoms with Crippen LogP contribution >= 0.6 is 34.4 Å². The van der Waals surface area contributed by atoms with Crippen LogP contribution in [0.2, 0.25) is 0 Å². The van der Waals surface area contributed by atoms with E-state index in [-0.39, 0.29) is 12.1 Å². The van der Waals surface area contributed by atoms with Crippen molar-refractivity contribution in [2.45, 2.75) is 24.3 Å². The summed E-state index contributed by atoms with van der Waals surface area (Å²) in [7, 11) is 0. The minimum atomic E-state index is 0.00606. The number of fused-ring (bicyclic) bond motifs is 1. The number of amidine groups is 1. The molecule has 2 aliphatic rings. The minimum Gasteiger partial charge on any atom is -0.507 e. The van der Waals surface area contributed by atoms with Crippen molar-refractivity contribution < 1.29 is 5.11 Å². The van der Waals surface area contributed by atoms with Crippen LogP contribution in [0.15, 0.2) is 47.6 Å². The number of aliphatic imine (C=N–C) groups is 1. The van der Waals surface area contributed by atoms with Gasteiger partial charge in [-0.2, -0.15) is 0 Å². The number of benzene rings is 1. The average molecular weight is 437 g/mol. The van der Waals surface area contributed by atoms with Crippen LogP contribution in [0.25, 0.3) is 0 Å². The lowest BCUT2D eigenvalue weighted by atomic mass is 9.96. The fourth-order valence-electron chi connectivity index (χ4n) is 3.19. The molecule has 0 saturated carbocycles. The van der Waals surface area contributed by atoms with Gasteiger partial charge in [0.2, 0.25) is 0 Å². The van der Waals surface area contributed by atoms with Crippen LogP contribution < -0.4 is 0 Å². The summed E-state index contributed by atoms with van der Waals surface area (Å²) in [6.07, 6.45) is 1.83. The van der Waals surface area contributed by atoms with Crippen LogP contribution in [0.3, 0.4) is 0 Å². The van der Waals surface area contributed by atoms with Crippen molar-refractivity contribution in [1.82, 2.24) is 9.88 Å². The second-order valence-corrected chi connectivity index (χ2v) is 8.42. The van der Waals surface area contributed by atoms with E-state index in [4.69, 9.17) is 4.99 Å². The fraction of sp³-hybridized carbons (Fsp3) is 0.294. The number of halogens is 1. The Morgan fingerprint density at radius 1 is 1.30 bits per heavy atom. The van der Waals surface area contributed by atoms with E-state index in [1.165, 1.54) is 5.56 Å². The Morgan fingerprint density at radius 3 is 2.91 bits per heavy atom. The largest absolute Gasteiger partial charge is 0.507 e. The molecule has 4 nitrogen and oxygen atoms in total. The molecule has 1 aromatic heterocycles. The van der Waals surface area contributed by atoms with Gasteiger partial charge >= 0.3 is 0 Å². The highest BCUT2D eigenvalue weighted by molar-refractivity contribution is 14.1. The maximum atomic E-state index is 9.83. The first kappa shape index (κ1) is 15.3. The Hall–Kier alpha value is -1.28. The summed E-state index contributed by atoms with van der Waals surface area (Å²) in [6.45, 7) is 3.23. The lowest BCUT2D eigenvalue weighted by Crippen LogP contribution is -2.28. The Morgan fingerprint density at radius 2 is 2.17 bits per heavy atom. The van der Waals surface area contributed by atoms with Crippen molar-refractivity contribution in [2.24, 2.45) is 4.99 Å². The van der Waals surface area contributed by atoms with E-state index in [1.807, 2.05) is 42.2 Å². The molecular weight excluding hydrogens is 421 g/mol. The summed E-state index contributed by atoms with van der Waals surface area (Å²) in [5.74, 6) is 0.326. The van der Waals surface area contributed by atoms with E-state index in [2.05, 4.69) is 45.5 Å². The van der Waals surface area contributed by atoms with Gasteiger partial charge in [-0.05, 0) is 52.4 Å². The van der Waals surface area contributed by atoms with Crippen LogP contribution in [-0.4, -0.2) is 32.0 Å². The van der Waals surface area contributed by atoms with Gasteiger partial charge in [0.05, 0.1) is 15.3 Å². The Bertz CT molecular complexity index is 768. The maximum Gasteiger partial charge on any atom is 0.160 e. The molecule has 1 fully saturated rings. The Kier molecular flexibility index (Phi) is 3.96.